The molecule has 0 saturated heterocycles. The number of carboxylic acid groups (broad SMARTS) is 1. The van der Waals surface area contributed by atoms with Gasteiger partial charge >= 0.3 is 5.97 Å². The van der Waals surface area contributed by atoms with Crippen LogP contribution in [-0.4, -0.2) is 46.9 Å². The Labute approximate surface area is 263 Å². The molecular formula is C38H48N2O4. The summed E-state index contributed by atoms with van der Waals surface area (Å²) in [5, 5.41) is 9.29. The Morgan fingerprint density at radius 1 is 0.909 bits per heavy atom. The standard InChI is InChI=1S/C38H48N2O4/c1-6-23-44-34-25-30(19-20-31(34)26-36(41)42)29-14-8-12-28(24-29)13-10-16-35-39-33(37(43)40(35)7-2)15-9-11-27-17-21-32(22-18-27)38(3,4)5/h8,12,14,17-22,24-25,33H,6-7,9-11,13,15-16,23,26H2,1-5H3,(H,41,42). The molecule has 0 radical (unpaired) electrons. The number of aliphatic carboxylic acids is 1. The lowest BCUT2D eigenvalue weighted by Gasteiger charge is -2.19. The number of nitrogens with zero attached hydrogens (tertiary/aromatic N) is 2. The van der Waals surface area contributed by atoms with E-state index >= 15 is 0 Å². The molecule has 0 aliphatic carbocycles. The molecule has 234 valence electrons. The molecule has 3 aromatic rings. The fraction of sp³-hybridized carbons (Fsp3) is 0.447. The van der Waals surface area contributed by atoms with Gasteiger partial charge in [-0.25, -0.2) is 0 Å². The van der Waals surface area contributed by atoms with E-state index in [0.717, 1.165) is 61.9 Å². The summed E-state index contributed by atoms with van der Waals surface area (Å²) in [5.74, 6) is 0.818. The molecule has 4 rings (SSSR count). The van der Waals surface area contributed by atoms with E-state index in [1.165, 1.54) is 16.7 Å². The Kier molecular flexibility index (Phi) is 11.4. The number of likely N-dealkylation sites (N-methyl/N-ethyl adjacent to an activating group) is 1. The Balaban J connectivity index is 1.34. The van der Waals surface area contributed by atoms with E-state index in [4.69, 9.17) is 9.73 Å². The molecular weight excluding hydrogens is 548 g/mol. The lowest BCUT2D eigenvalue weighted by atomic mass is 9.86. The van der Waals surface area contributed by atoms with Crippen molar-refractivity contribution in [2.75, 3.05) is 13.2 Å². The number of carboxylic acids is 1. The summed E-state index contributed by atoms with van der Waals surface area (Å²) in [7, 11) is 0. The van der Waals surface area contributed by atoms with Crippen molar-refractivity contribution in [1.29, 1.82) is 0 Å². The number of amidine groups is 1. The first kappa shape index (κ1) is 33.0. The SMILES string of the molecule is CCCOc1cc(-c2cccc(CCCC3=NC(CCCc4ccc(C(C)(C)C)cc4)C(=O)N3CC)c2)ccc1CC(=O)O. The maximum Gasteiger partial charge on any atom is 0.307 e. The molecule has 1 aliphatic heterocycles. The van der Waals surface area contributed by atoms with Crippen LogP contribution < -0.4 is 4.74 Å². The zero-order valence-electron chi connectivity index (χ0n) is 27.1. The topological polar surface area (TPSA) is 79.2 Å². The average molecular weight is 597 g/mol. The normalized spacial score (nSPS) is 15.0. The second-order valence-electron chi connectivity index (χ2n) is 12.8. The molecule has 0 aromatic heterocycles. The van der Waals surface area contributed by atoms with E-state index in [9.17, 15) is 14.7 Å². The first-order valence-corrected chi connectivity index (χ1v) is 16.1. The van der Waals surface area contributed by atoms with Crippen LogP contribution in [-0.2, 0) is 34.3 Å². The number of amides is 1. The van der Waals surface area contributed by atoms with Gasteiger partial charge in [-0.3, -0.25) is 19.5 Å². The van der Waals surface area contributed by atoms with Crippen molar-refractivity contribution in [3.05, 3.63) is 89.0 Å². The molecule has 1 heterocycles. The quantitative estimate of drug-likeness (QED) is 0.193. The van der Waals surface area contributed by atoms with Gasteiger partial charge in [0.05, 0.1) is 13.0 Å². The average Bonchev–Trinajstić information content (AvgIpc) is 3.30. The maximum absolute atomic E-state index is 13.1. The van der Waals surface area contributed by atoms with Crippen molar-refractivity contribution in [3.8, 4) is 16.9 Å². The molecule has 0 bridgehead atoms. The minimum atomic E-state index is -0.871. The highest BCUT2D eigenvalue weighted by molar-refractivity contribution is 6.05. The molecule has 44 heavy (non-hydrogen) atoms. The summed E-state index contributed by atoms with van der Waals surface area (Å²) < 4.78 is 5.89. The number of benzene rings is 3. The highest BCUT2D eigenvalue weighted by atomic mass is 16.5. The summed E-state index contributed by atoms with van der Waals surface area (Å²) >= 11 is 0. The van der Waals surface area contributed by atoms with Crippen LogP contribution >= 0.6 is 0 Å². The number of aliphatic imine (C=N–C) groups is 1. The first-order valence-electron chi connectivity index (χ1n) is 16.1. The molecule has 3 aromatic carbocycles. The molecule has 1 aliphatic rings. The maximum atomic E-state index is 13.1. The summed E-state index contributed by atoms with van der Waals surface area (Å²) in [6.07, 6.45) is 6.01. The largest absolute Gasteiger partial charge is 0.493 e. The number of carbonyl (C=O) groups excluding carboxylic acids is 1. The second-order valence-corrected chi connectivity index (χ2v) is 12.8. The number of carbonyl (C=O) groups is 2. The van der Waals surface area contributed by atoms with Gasteiger partial charge in [-0.1, -0.05) is 88.4 Å². The third kappa shape index (κ3) is 8.81. The monoisotopic (exact) mass is 596 g/mol. The van der Waals surface area contributed by atoms with Crippen molar-refractivity contribution in [1.82, 2.24) is 4.90 Å². The van der Waals surface area contributed by atoms with E-state index in [0.29, 0.717) is 24.5 Å². The number of hydrogen-bond donors (Lipinski definition) is 1. The van der Waals surface area contributed by atoms with E-state index in [1.807, 2.05) is 36.9 Å². The fourth-order valence-corrected chi connectivity index (χ4v) is 5.76. The predicted octanol–water partition coefficient (Wildman–Crippen LogP) is 8.04. The lowest BCUT2D eigenvalue weighted by molar-refractivity contribution is -0.136. The Bertz CT molecular complexity index is 1450. The number of hydrogen-bond acceptors (Lipinski definition) is 4. The van der Waals surface area contributed by atoms with Crippen LogP contribution in [0.3, 0.4) is 0 Å². The van der Waals surface area contributed by atoms with Gasteiger partial charge in [0.2, 0.25) is 0 Å². The Morgan fingerprint density at radius 2 is 1.64 bits per heavy atom. The Hall–Kier alpha value is -3.93. The van der Waals surface area contributed by atoms with Crippen LogP contribution in [0.4, 0.5) is 0 Å². The molecule has 1 amide bonds. The molecule has 0 fully saturated rings. The van der Waals surface area contributed by atoms with Gasteiger partial charge in [0, 0.05) is 18.5 Å². The number of aryl methyl sites for hydroxylation is 2. The van der Waals surface area contributed by atoms with Gasteiger partial charge in [-0.15, -0.1) is 0 Å². The molecule has 1 N–H and O–H groups in total. The van der Waals surface area contributed by atoms with E-state index in [2.05, 4.69) is 69.3 Å². The Morgan fingerprint density at radius 3 is 2.32 bits per heavy atom. The van der Waals surface area contributed by atoms with E-state index < -0.39 is 5.97 Å². The second kappa shape index (κ2) is 15.2. The van der Waals surface area contributed by atoms with Crippen LogP contribution in [0.2, 0.25) is 0 Å². The van der Waals surface area contributed by atoms with E-state index in [-0.39, 0.29) is 23.8 Å². The minimum absolute atomic E-state index is 0.0627. The van der Waals surface area contributed by atoms with E-state index in [1.54, 1.807) is 0 Å². The van der Waals surface area contributed by atoms with Crippen LogP contribution in [0.1, 0.15) is 89.0 Å². The van der Waals surface area contributed by atoms with Gasteiger partial charge < -0.3 is 9.84 Å². The summed E-state index contributed by atoms with van der Waals surface area (Å²) in [5.41, 5.74) is 6.77. The molecule has 6 heteroatoms. The van der Waals surface area contributed by atoms with Crippen LogP contribution in [0.5, 0.6) is 5.75 Å². The highest BCUT2D eigenvalue weighted by Gasteiger charge is 2.32. The molecule has 6 nitrogen and oxygen atoms in total. The number of rotatable bonds is 15. The van der Waals surface area contributed by atoms with Crippen molar-refractivity contribution in [3.63, 3.8) is 0 Å². The highest BCUT2D eigenvalue weighted by Crippen LogP contribution is 2.29. The van der Waals surface area contributed by atoms with Crippen molar-refractivity contribution < 1.29 is 19.4 Å². The zero-order chi connectivity index (χ0) is 31.7. The van der Waals surface area contributed by atoms with Crippen LogP contribution in [0.15, 0.2) is 71.7 Å². The van der Waals surface area contributed by atoms with Crippen LogP contribution in [0.25, 0.3) is 11.1 Å². The molecule has 1 unspecified atom stereocenters. The minimum Gasteiger partial charge on any atom is -0.493 e. The zero-order valence-corrected chi connectivity index (χ0v) is 27.1. The summed E-state index contributed by atoms with van der Waals surface area (Å²) in [6, 6.07) is 22.8. The van der Waals surface area contributed by atoms with Gasteiger partial charge in [-0.05, 0) is 84.7 Å². The molecule has 1 atom stereocenters. The molecule has 0 spiro atoms. The lowest BCUT2D eigenvalue weighted by Crippen LogP contribution is -2.35. The van der Waals surface area contributed by atoms with Crippen molar-refractivity contribution in [2.45, 2.75) is 97.4 Å². The predicted molar refractivity (Wildman–Crippen MR) is 179 cm³/mol. The van der Waals surface area contributed by atoms with Crippen molar-refractivity contribution in [2.24, 2.45) is 4.99 Å². The van der Waals surface area contributed by atoms with Gasteiger partial charge in [0.1, 0.15) is 17.6 Å². The van der Waals surface area contributed by atoms with Gasteiger partial charge in [0.15, 0.2) is 0 Å². The summed E-state index contributed by atoms with van der Waals surface area (Å²) in [6.45, 7) is 11.9. The summed E-state index contributed by atoms with van der Waals surface area (Å²) in [4.78, 5) is 31.2. The third-order valence-corrected chi connectivity index (χ3v) is 8.24. The fourth-order valence-electron chi connectivity index (χ4n) is 5.76. The first-order chi connectivity index (χ1) is 21.1. The number of ether oxygens (including phenoxy) is 1. The van der Waals surface area contributed by atoms with Gasteiger partial charge in [-0.2, -0.15) is 0 Å². The van der Waals surface area contributed by atoms with Gasteiger partial charge in [0.25, 0.3) is 5.91 Å². The van der Waals surface area contributed by atoms with Crippen molar-refractivity contribution >= 4 is 17.7 Å². The van der Waals surface area contributed by atoms with Crippen LogP contribution in [0, 0.1) is 0 Å². The molecule has 0 saturated carbocycles. The third-order valence-electron chi connectivity index (χ3n) is 8.24. The smallest absolute Gasteiger partial charge is 0.307 e.